The zero-order valence-corrected chi connectivity index (χ0v) is 14.6. The van der Waals surface area contributed by atoms with Crippen molar-refractivity contribution in [3.63, 3.8) is 0 Å². The van der Waals surface area contributed by atoms with Crippen molar-refractivity contribution in [2.24, 2.45) is 0 Å². The van der Waals surface area contributed by atoms with Crippen LogP contribution in [-0.4, -0.2) is 16.1 Å². The molecule has 1 N–H and O–H groups in total. The number of anilines is 2. The lowest BCUT2D eigenvalue weighted by Crippen LogP contribution is -2.48. The van der Waals surface area contributed by atoms with E-state index in [-0.39, 0.29) is 34.3 Å². The Morgan fingerprint density at radius 2 is 1.85 bits per heavy atom. The summed E-state index contributed by atoms with van der Waals surface area (Å²) in [5.41, 5.74) is -2.23. The normalized spacial score (nSPS) is 18.4. The lowest BCUT2D eigenvalue weighted by Gasteiger charge is -2.41. The monoisotopic (exact) mass is 391 g/mol. The van der Waals surface area contributed by atoms with Crippen molar-refractivity contribution in [1.82, 2.24) is 9.97 Å². The van der Waals surface area contributed by atoms with Crippen molar-refractivity contribution in [3.8, 4) is 0 Å². The van der Waals surface area contributed by atoms with E-state index in [0.717, 1.165) is 6.20 Å². The molecule has 0 spiro atoms. The van der Waals surface area contributed by atoms with Crippen molar-refractivity contribution in [1.29, 1.82) is 0 Å². The molecule has 0 fully saturated rings. The average Bonchev–Trinajstić information content (AvgIpc) is 2.65. The Labute approximate surface area is 158 Å². The molecule has 1 aliphatic heterocycles. The second-order valence-corrected chi connectivity index (χ2v) is 6.49. The third-order valence-electron chi connectivity index (χ3n) is 4.40. The van der Waals surface area contributed by atoms with E-state index in [2.05, 4.69) is 15.3 Å². The summed E-state index contributed by atoms with van der Waals surface area (Å²) in [6.07, 6.45) is -2.47. The molecule has 4 nitrogen and oxygen atoms in total. The largest absolute Gasteiger partial charge is 0.426 e. The molecule has 1 unspecified atom stereocenters. The maximum absolute atomic E-state index is 14.5. The van der Waals surface area contributed by atoms with Crippen LogP contribution < -0.4 is 5.32 Å². The van der Waals surface area contributed by atoms with Gasteiger partial charge in [-0.15, -0.1) is 0 Å². The van der Waals surface area contributed by atoms with Crippen molar-refractivity contribution in [3.05, 3.63) is 82.8 Å². The quantitative estimate of drug-likeness (QED) is 0.665. The van der Waals surface area contributed by atoms with Gasteiger partial charge in [0.1, 0.15) is 12.1 Å². The SMILES string of the molecule is FC(F)(F)C1(OCc2ccccc2)c2cc(Cl)ccc2Nc2ncncc21. The van der Waals surface area contributed by atoms with E-state index in [9.17, 15) is 13.2 Å². The number of rotatable bonds is 3. The maximum atomic E-state index is 14.5. The highest BCUT2D eigenvalue weighted by Gasteiger charge is 2.62. The highest BCUT2D eigenvalue weighted by molar-refractivity contribution is 6.30. The van der Waals surface area contributed by atoms with Crippen LogP contribution in [0.5, 0.6) is 0 Å². The number of hydrogen-bond acceptors (Lipinski definition) is 4. The number of hydrogen-bond donors (Lipinski definition) is 1. The number of fused-ring (bicyclic) bond motifs is 2. The van der Waals surface area contributed by atoms with Gasteiger partial charge in [-0.3, -0.25) is 0 Å². The molecular formula is C19H13ClF3N3O. The molecule has 0 saturated carbocycles. The first kappa shape index (κ1) is 17.8. The molecule has 0 saturated heterocycles. The van der Waals surface area contributed by atoms with Gasteiger partial charge >= 0.3 is 6.18 Å². The molecule has 138 valence electrons. The molecular weight excluding hydrogens is 379 g/mol. The molecule has 2 aromatic carbocycles. The Morgan fingerprint density at radius 3 is 2.59 bits per heavy atom. The van der Waals surface area contributed by atoms with Gasteiger partial charge in [-0.05, 0) is 23.8 Å². The Hall–Kier alpha value is -2.64. The van der Waals surface area contributed by atoms with Crippen LogP contribution in [0.4, 0.5) is 24.7 Å². The van der Waals surface area contributed by atoms with E-state index < -0.39 is 11.8 Å². The molecule has 3 aromatic rings. The summed E-state index contributed by atoms with van der Waals surface area (Å²) in [7, 11) is 0. The van der Waals surface area contributed by atoms with Crippen molar-refractivity contribution < 1.29 is 17.9 Å². The lowest BCUT2D eigenvalue weighted by atomic mass is 9.82. The summed E-state index contributed by atoms with van der Waals surface area (Å²) in [5, 5.41) is 3.08. The van der Waals surface area contributed by atoms with Crippen LogP contribution in [0.3, 0.4) is 0 Å². The van der Waals surface area contributed by atoms with E-state index in [1.807, 2.05) is 0 Å². The van der Waals surface area contributed by atoms with E-state index in [1.54, 1.807) is 30.3 Å². The first-order chi connectivity index (χ1) is 12.9. The van der Waals surface area contributed by atoms with E-state index in [4.69, 9.17) is 16.3 Å². The van der Waals surface area contributed by atoms with Gasteiger partial charge in [0, 0.05) is 22.5 Å². The summed E-state index contributed by atoms with van der Waals surface area (Å²) in [6, 6.07) is 12.9. The van der Waals surface area contributed by atoms with Gasteiger partial charge in [0.25, 0.3) is 0 Å². The molecule has 4 rings (SSSR count). The first-order valence-electron chi connectivity index (χ1n) is 8.04. The summed E-state index contributed by atoms with van der Waals surface area (Å²) in [4.78, 5) is 7.76. The number of nitrogens with zero attached hydrogens (tertiary/aromatic N) is 2. The Balaban J connectivity index is 1.93. The third kappa shape index (κ3) is 2.93. The maximum Gasteiger partial charge on any atom is 0.426 e. The zero-order chi connectivity index (χ0) is 19.1. The number of aromatic nitrogens is 2. The van der Waals surface area contributed by atoms with Crippen molar-refractivity contribution in [2.45, 2.75) is 18.4 Å². The fourth-order valence-electron chi connectivity index (χ4n) is 3.18. The molecule has 0 amide bonds. The molecule has 0 aliphatic carbocycles. The smallest absolute Gasteiger partial charge is 0.352 e. The summed E-state index contributed by atoms with van der Waals surface area (Å²) < 4.78 is 49.2. The van der Waals surface area contributed by atoms with Gasteiger partial charge in [-0.2, -0.15) is 13.2 Å². The first-order valence-corrected chi connectivity index (χ1v) is 8.42. The van der Waals surface area contributed by atoms with Gasteiger partial charge in [0.05, 0.1) is 12.2 Å². The molecule has 27 heavy (non-hydrogen) atoms. The second-order valence-electron chi connectivity index (χ2n) is 6.05. The number of halogens is 4. The molecule has 0 radical (unpaired) electrons. The molecule has 2 heterocycles. The second kappa shape index (κ2) is 6.51. The van der Waals surface area contributed by atoms with Gasteiger partial charge < -0.3 is 10.1 Å². The van der Waals surface area contributed by atoms with Gasteiger partial charge in [0.2, 0.25) is 5.60 Å². The van der Waals surface area contributed by atoms with Crippen LogP contribution in [0, 0.1) is 0 Å². The minimum atomic E-state index is -4.78. The van der Waals surface area contributed by atoms with Crippen molar-refractivity contribution in [2.75, 3.05) is 5.32 Å². The van der Waals surface area contributed by atoms with E-state index in [1.165, 1.54) is 24.5 Å². The lowest BCUT2D eigenvalue weighted by molar-refractivity contribution is -0.270. The minimum absolute atomic E-state index is 0.0465. The highest BCUT2D eigenvalue weighted by atomic mass is 35.5. The molecule has 1 atom stereocenters. The summed E-state index contributed by atoms with van der Waals surface area (Å²) >= 11 is 6.02. The number of ether oxygens (including phenoxy) is 1. The van der Waals surface area contributed by atoms with Crippen LogP contribution in [0.2, 0.25) is 5.02 Å². The van der Waals surface area contributed by atoms with Crippen LogP contribution in [-0.2, 0) is 16.9 Å². The number of benzene rings is 2. The average molecular weight is 392 g/mol. The van der Waals surface area contributed by atoms with Crippen LogP contribution in [0.15, 0.2) is 61.1 Å². The summed E-state index contributed by atoms with van der Waals surface area (Å²) in [6.45, 7) is -0.249. The van der Waals surface area contributed by atoms with Gasteiger partial charge in [-0.1, -0.05) is 41.9 Å². The summed E-state index contributed by atoms with van der Waals surface area (Å²) in [5.74, 6) is 0.0465. The molecule has 8 heteroatoms. The standard InChI is InChI=1S/C19H13ClF3N3O/c20-13-6-7-16-14(8-13)18(19(21,22)23,15-9-24-11-25-17(15)26-16)27-10-12-4-2-1-3-5-12/h1-9,11H,10H2,(H,24,25,26). The van der Waals surface area contributed by atoms with E-state index in [0.29, 0.717) is 5.56 Å². The topological polar surface area (TPSA) is 47.0 Å². The van der Waals surface area contributed by atoms with Crippen molar-refractivity contribution >= 4 is 23.1 Å². The minimum Gasteiger partial charge on any atom is -0.352 e. The van der Waals surface area contributed by atoms with Crippen LogP contribution in [0.25, 0.3) is 0 Å². The fraction of sp³-hybridized carbons (Fsp3) is 0.158. The predicted molar refractivity (Wildman–Crippen MR) is 94.8 cm³/mol. The van der Waals surface area contributed by atoms with Crippen LogP contribution in [0.1, 0.15) is 16.7 Å². The molecule has 0 bridgehead atoms. The third-order valence-corrected chi connectivity index (χ3v) is 4.64. The predicted octanol–water partition coefficient (Wildman–Crippen LogP) is 5.21. The highest BCUT2D eigenvalue weighted by Crippen LogP contribution is 2.54. The number of nitrogens with one attached hydrogen (secondary N) is 1. The van der Waals surface area contributed by atoms with E-state index >= 15 is 0 Å². The Morgan fingerprint density at radius 1 is 1.07 bits per heavy atom. The van der Waals surface area contributed by atoms with Gasteiger partial charge in [-0.25, -0.2) is 9.97 Å². The van der Waals surface area contributed by atoms with Gasteiger partial charge in [0.15, 0.2) is 0 Å². The molecule has 1 aliphatic rings. The fourth-order valence-corrected chi connectivity index (χ4v) is 3.36. The Bertz CT molecular complexity index is 981. The van der Waals surface area contributed by atoms with Crippen LogP contribution >= 0.6 is 11.6 Å². The zero-order valence-electron chi connectivity index (χ0n) is 13.8. The Kier molecular flexibility index (Phi) is 4.28. The number of alkyl halides is 3. The molecule has 1 aromatic heterocycles.